The first-order valence-corrected chi connectivity index (χ1v) is 11.3. The fourth-order valence-corrected chi connectivity index (χ4v) is 7.20. The standard InChI is InChI=1S/C25H36O4/c1-7-14(2)23(27)29-20-10-11-25(6)19(24(20,4)5)9-8-16-21(18-13-28-18)15(3)12-17(26)22(16)25/h7,12,16,18-22H,8-11,13H2,1-6H3. The van der Waals surface area contributed by atoms with Gasteiger partial charge in [-0.2, -0.15) is 0 Å². The van der Waals surface area contributed by atoms with E-state index in [2.05, 4.69) is 27.7 Å². The molecule has 7 unspecified atom stereocenters. The highest BCUT2D eigenvalue weighted by molar-refractivity contribution is 5.94. The van der Waals surface area contributed by atoms with Gasteiger partial charge in [-0.05, 0) is 69.8 Å². The number of hydrogen-bond donors (Lipinski definition) is 0. The zero-order valence-electron chi connectivity index (χ0n) is 18.8. The molecule has 3 fully saturated rings. The van der Waals surface area contributed by atoms with Crippen LogP contribution in [-0.4, -0.2) is 30.6 Å². The molecule has 0 radical (unpaired) electrons. The van der Waals surface area contributed by atoms with Crippen LogP contribution in [0.1, 0.15) is 67.2 Å². The summed E-state index contributed by atoms with van der Waals surface area (Å²) < 4.78 is 11.7. The Balaban J connectivity index is 1.63. The highest BCUT2D eigenvalue weighted by Crippen LogP contribution is 2.64. The molecule has 0 bridgehead atoms. The van der Waals surface area contributed by atoms with E-state index in [1.54, 1.807) is 0 Å². The second kappa shape index (κ2) is 7.08. The van der Waals surface area contributed by atoms with Gasteiger partial charge in [0.2, 0.25) is 0 Å². The maximum absolute atomic E-state index is 13.3. The van der Waals surface area contributed by atoms with Gasteiger partial charge in [-0.25, -0.2) is 4.79 Å². The Morgan fingerprint density at radius 1 is 1.24 bits per heavy atom. The van der Waals surface area contributed by atoms with Crippen LogP contribution in [0.25, 0.3) is 0 Å². The molecule has 0 spiro atoms. The van der Waals surface area contributed by atoms with Gasteiger partial charge < -0.3 is 9.47 Å². The largest absolute Gasteiger partial charge is 0.458 e. The number of allylic oxidation sites excluding steroid dienone is 2. The van der Waals surface area contributed by atoms with Gasteiger partial charge in [-0.3, -0.25) is 4.79 Å². The maximum Gasteiger partial charge on any atom is 0.333 e. The fraction of sp³-hybridized carbons (Fsp3) is 0.760. The number of esters is 1. The summed E-state index contributed by atoms with van der Waals surface area (Å²) in [6.45, 7) is 13.4. The molecule has 0 aromatic heterocycles. The Morgan fingerprint density at radius 2 is 1.93 bits per heavy atom. The van der Waals surface area contributed by atoms with E-state index in [0.29, 0.717) is 35.2 Å². The van der Waals surface area contributed by atoms with E-state index >= 15 is 0 Å². The Hall–Kier alpha value is -1.42. The van der Waals surface area contributed by atoms with Crippen molar-refractivity contribution in [3.63, 3.8) is 0 Å². The average Bonchev–Trinajstić information content (AvgIpc) is 3.47. The Morgan fingerprint density at radius 3 is 2.55 bits per heavy atom. The first-order chi connectivity index (χ1) is 13.6. The lowest BCUT2D eigenvalue weighted by atomic mass is 9.43. The SMILES string of the molecule is CC=C(C)C(=O)OC1CCC2(C)C3C(=O)C=C(C)C(C4CO4)C3CCC2C1(C)C. The molecule has 0 aromatic rings. The molecule has 4 nitrogen and oxygen atoms in total. The summed E-state index contributed by atoms with van der Waals surface area (Å²) in [4.78, 5) is 25.7. The Bertz CT molecular complexity index is 772. The third-order valence-electron chi connectivity index (χ3n) is 8.82. The smallest absolute Gasteiger partial charge is 0.333 e. The molecule has 2 saturated carbocycles. The van der Waals surface area contributed by atoms with E-state index in [1.165, 1.54) is 5.57 Å². The van der Waals surface area contributed by atoms with Crippen LogP contribution in [0.15, 0.2) is 23.3 Å². The molecule has 0 amide bonds. The molecule has 1 saturated heterocycles. The maximum atomic E-state index is 13.3. The molecular weight excluding hydrogens is 364 g/mol. The van der Waals surface area contributed by atoms with Crippen molar-refractivity contribution >= 4 is 11.8 Å². The van der Waals surface area contributed by atoms with Crippen LogP contribution < -0.4 is 0 Å². The van der Waals surface area contributed by atoms with E-state index < -0.39 is 0 Å². The fourth-order valence-electron chi connectivity index (χ4n) is 7.20. The molecule has 0 aromatic carbocycles. The number of rotatable bonds is 3. The lowest BCUT2D eigenvalue weighted by Gasteiger charge is -2.62. The van der Waals surface area contributed by atoms with Gasteiger partial charge in [0, 0.05) is 22.8 Å². The second-order valence-corrected chi connectivity index (χ2v) is 10.7. The van der Waals surface area contributed by atoms with Gasteiger partial charge in [0.1, 0.15) is 6.10 Å². The van der Waals surface area contributed by atoms with Crippen molar-refractivity contribution in [2.45, 2.75) is 79.4 Å². The summed E-state index contributed by atoms with van der Waals surface area (Å²) in [5.74, 6) is 1.32. The summed E-state index contributed by atoms with van der Waals surface area (Å²) in [6.07, 6.45) is 7.84. The number of epoxide rings is 1. The minimum absolute atomic E-state index is 0.0492. The van der Waals surface area contributed by atoms with Crippen molar-refractivity contribution in [1.29, 1.82) is 0 Å². The van der Waals surface area contributed by atoms with Crippen molar-refractivity contribution in [2.24, 2.45) is 34.5 Å². The zero-order valence-corrected chi connectivity index (χ0v) is 18.8. The first-order valence-electron chi connectivity index (χ1n) is 11.3. The predicted octanol–water partition coefficient (Wildman–Crippen LogP) is 4.88. The van der Waals surface area contributed by atoms with Gasteiger partial charge in [0.05, 0.1) is 12.7 Å². The lowest BCUT2D eigenvalue weighted by Crippen LogP contribution is -2.60. The van der Waals surface area contributed by atoms with Crippen molar-refractivity contribution in [3.05, 3.63) is 23.3 Å². The number of carbonyl (C=O) groups is 2. The van der Waals surface area contributed by atoms with E-state index in [1.807, 2.05) is 26.0 Å². The minimum atomic E-state index is -0.207. The molecule has 29 heavy (non-hydrogen) atoms. The number of hydrogen-bond acceptors (Lipinski definition) is 4. The third-order valence-corrected chi connectivity index (χ3v) is 8.82. The summed E-state index contributed by atoms with van der Waals surface area (Å²) in [7, 11) is 0. The molecule has 4 aliphatic rings. The molecule has 4 rings (SSSR count). The van der Waals surface area contributed by atoms with Crippen LogP contribution in [0, 0.1) is 34.5 Å². The molecule has 160 valence electrons. The summed E-state index contributed by atoms with van der Waals surface area (Å²) in [5, 5.41) is 0. The monoisotopic (exact) mass is 400 g/mol. The third kappa shape index (κ3) is 3.22. The lowest BCUT2D eigenvalue weighted by molar-refractivity contribution is -0.185. The molecule has 1 heterocycles. The summed E-state index contributed by atoms with van der Waals surface area (Å²) in [5.41, 5.74) is 1.67. The van der Waals surface area contributed by atoms with Gasteiger partial charge in [0.25, 0.3) is 0 Å². The highest BCUT2D eigenvalue weighted by atomic mass is 16.6. The molecule has 7 atom stereocenters. The van der Waals surface area contributed by atoms with Crippen LogP contribution in [0.5, 0.6) is 0 Å². The van der Waals surface area contributed by atoms with Gasteiger partial charge in [-0.15, -0.1) is 0 Å². The number of fused-ring (bicyclic) bond motifs is 3. The van der Waals surface area contributed by atoms with Crippen LogP contribution >= 0.6 is 0 Å². The minimum Gasteiger partial charge on any atom is -0.458 e. The Labute approximate surface area is 175 Å². The van der Waals surface area contributed by atoms with E-state index in [9.17, 15) is 9.59 Å². The predicted molar refractivity (Wildman–Crippen MR) is 112 cm³/mol. The van der Waals surface area contributed by atoms with E-state index in [4.69, 9.17) is 9.47 Å². The number of carbonyl (C=O) groups excluding carboxylic acids is 2. The quantitative estimate of drug-likeness (QED) is 0.385. The topological polar surface area (TPSA) is 55.9 Å². The summed E-state index contributed by atoms with van der Waals surface area (Å²) in [6, 6.07) is 0. The van der Waals surface area contributed by atoms with Crippen molar-refractivity contribution in [3.8, 4) is 0 Å². The van der Waals surface area contributed by atoms with Crippen molar-refractivity contribution < 1.29 is 19.1 Å². The first kappa shape index (κ1) is 20.8. The molecule has 0 N–H and O–H groups in total. The van der Waals surface area contributed by atoms with E-state index in [-0.39, 0.29) is 28.8 Å². The van der Waals surface area contributed by atoms with Crippen molar-refractivity contribution in [2.75, 3.05) is 6.61 Å². The van der Waals surface area contributed by atoms with Gasteiger partial charge >= 0.3 is 5.97 Å². The van der Waals surface area contributed by atoms with Crippen LogP contribution in [0.4, 0.5) is 0 Å². The second-order valence-electron chi connectivity index (χ2n) is 10.7. The average molecular weight is 401 g/mol. The normalized spacial score (nSPS) is 43.7. The van der Waals surface area contributed by atoms with Crippen LogP contribution in [-0.2, 0) is 19.1 Å². The molecule has 3 aliphatic carbocycles. The van der Waals surface area contributed by atoms with Gasteiger partial charge in [0.15, 0.2) is 5.78 Å². The number of ketones is 1. The van der Waals surface area contributed by atoms with Crippen molar-refractivity contribution in [1.82, 2.24) is 0 Å². The van der Waals surface area contributed by atoms with Gasteiger partial charge in [-0.1, -0.05) is 32.4 Å². The Kier molecular flexibility index (Phi) is 5.08. The molecule has 4 heteroatoms. The highest BCUT2D eigenvalue weighted by Gasteiger charge is 2.62. The summed E-state index contributed by atoms with van der Waals surface area (Å²) >= 11 is 0. The van der Waals surface area contributed by atoms with E-state index in [0.717, 1.165) is 32.3 Å². The number of ether oxygens (including phenoxy) is 2. The van der Waals surface area contributed by atoms with Crippen LogP contribution in [0.3, 0.4) is 0 Å². The molecule has 1 aliphatic heterocycles. The zero-order chi connectivity index (χ0) is 21.1. The van der Waals surface area contributed by atoms with Crippen LogP contribution in [0.2, 0.25) is 0 Å². The molecular formula is C25H36O4.